The number of rotatable bonds is 5. The summed E-state index contributed by atoms with van der Waals surface area (Å²) < 4.78 is 1.97. The SMILES string of the molecule is CN=C(NCc1nnc2ccccn12)NCC(C)c1ccccc1. The zero-order chi connectivity index (χ0) is 16.8. The van der Waals surface area contributed by atoms with Crippen LogP contribution in [-0.4, -0.2) is 34.2 Å². The lowest BCUT2D eigenvalue weighted by atomic mass is 10.0. The molecule has 24 heavy (non-hydrogen) atoms. The number of nitrogens with one attached hydrogen (secondary N) is 2. The van der Waals surface area contributed by atoms with Crippen LogP contribution < -0.4 is 10.6 Å². The first kappa shape index (κ1) is 16.0. The molecule has 0 aliphatic carbocycles. The van der Waals surface area contributed by atoms with Gasteiger partial charge in [0, 0.05) is 19.8 Å². The first-order valence-corrected chi connectivity index (χ1v) is 8.06. The van der Waals surface area contributed by atoms with Crippen molar-refractivity contribution in [3.63, 3.8) is 0 Å². The molecule has 2 heterocycles. The quantitative estimate of drug-likeness (QED) is 0.558. The van der Waals surface area contributed by atoms with Gasteiger partial charge in [-0.05, 0) is 23.6 Å². The molecule has 6 nitrogen and oxygen atoms in total. The summed E-state index contributed by atoms with van der Waals surface area (Å²) in [6, 6.07) is 16.3. The number of hydrogen-bond acceptors (Lipinski definition) is 3. The lowest BCUT2D eigenvalue weighted by Crippen LogP contribution is -2.39. The average molecular weight is 322 g/mol. The van der Waals surface area contributed by atoms with Crippen LogP contribution in [0.4, 0.5) is 0 Å². The van der Waals surface area contributed by atoms with E-state index in [1.54, 1.807) is 7.05 Å². The standard InChI is InChI=1S/C18H22N6/c1-14(15-8-4-3-5-9-15)12-20-18(19-2)21-13-17-23-22-16-10-6-7-11-24(16)17/h3-11,14H,12-13H2,1-2H3,(H2,19,20,21). The summed E-state index contributed by atoms with van der Waals surface area (Å²) in [4.78, 5) is 4.27. The summed E-state index contributed by atoms with van der Waals surface area (Å²) >= 11 is 0. The van der Waals surface area contributed by atoms with E-state index in [2.05, 4.69) is 57.0 Å². The summed E-state index contributed by atoms with van der Waals surface area (Å²) in [5, 5.41) is 15.0. The Balaban J connectivity index is 1.56. The zero-order valence-electron chi connectivity index (χ0n) is 14.0. The molecule has 124 valence electrons. The van der Waals surface area contributed by atoms with Crippen molar-refractivity contribution < 1.29 is 0 Å². The molecule has 6 heteroatoms. The number of guanidine groups is 1. The summed E-state index contributed by atoms with van der Waals surface area (Å²) in [6.45, 7) is 3.57. The fraction of sp³-hybridized carbons (Fsp3) is 0.278. The summed E-state index contributed by atoms with van der Waals surface area (Å²) in [5.74, 6) is 2.01. The van der Waals surface area contributed by atoms with E-state index in [0.717, 1.165) is 24.0 Å². The molecule has 0 saturated heterocycles. The molecule has 3 aromatic rings. The first-order valence-electron chi connectivity index (χ1n) is 8.06. The van der Waals surface area contributed by atoms with E-state index in [1.165, 1.54) is 5.56 Å². The van der Waals surface area contributed by atoms with Crippen LogP contribution in [0.1, 0.15) is 24.2 Å². The van der Waals surface area contributed by atoms with E-state index in [9.17, 15) is 0 Å². The van der Waals surface area contributed by atoms with Gasteiger partial charge in [-0.3, -0.25) is 9.39 Å². The van der Waals surface area contributed by atoms with Crippen molar-refractivity contribution >= 4 is 11.6 Å². The number of pyridine rings is 1. The average Bonchev–Trinajstić information content (AvgIpc) is 3.05. The third-order valence-corrected chi connectivity index (χ3v) is 3.97. The van der Waals surface area contributed by atoms with E-state index >= 15 is 0 Å². The van der Waals surface area contributed by atoms with E-state index in [4.69, 9.17) is 0 Å². The monoisotopic (exact) mass is 322 g/mol. The summed E-state index contributed by atoms with van der Waals surface area (Å²) in [7, 11) is 1.77. The van der Waals surface area contributed by atoms with Gasteiger partial charge in [-0.25, -0.2) is 0 Å². The largest absolute Gasteiger partial charge is 0.356 e. The third kappa shape index (κ3) is 3.71. The van der Waals surface area contributed by atoms with Crippen LogP contribution in [0.5, 0.6) is 0 Å². The van der Waals surface area contributed by atoms with Crippen molar-refractivity contribution in [1.29, 1.82) is 0 Å². The molecular weight excluding hydrogens is 300 g/mol. The predicted octanol–water partition coefficient (Wildman–Crippen LogP) is 2.20. The second-order valence-electron chi connectivity index (χ2n) is 5.66. The van der Waals surface area contributed by atoms with Crippen LogP contribution in [0.2, 0.25) is 0 Å². The zero-order valence-corrected chi connectivity index (χ0v) is 14.0. The minimum atomic E-state index is 0.402. The normalized spacial score (nSPS) is 13.0. The van der Waals surface area contributed by atoms with Crippen molar-refractivity contribution in [2.24, 2.45) is 4.99 Å². The minimum absolute atomic E-state index is 0.402. The van der Waals surface area contributed by atoms with Crippen molar-refractivity contribution in [3.8, 4) is 0 Å². The first-order chi connectivity index (χ1) is 11.8. The number of aromatic nitrogens is 3. The Kier molecular flexibility index (Phi) is 5.05. The van der Waals surface area contributed by atoms with Crippen molar-refractivity contribution in [2.45, 2.75) is 19.4 Å². The molecule has 0 aliphatic heterocycles. The Labute approximate surface area is 141 Å². The van der Waals surface area contributed by atoms with Crippen LogP contribution in [0.15, 0.2) is 59.7 Å². The summed E-state index contributed by atoms with van der Waals surface area (Å²) in [5.41, 5.74) is 2.15. The highest BCUT2D eigenvalue weighted by molar-refractivity contribution is 5.79. The van der Waals surface area contributed by atoms with E-state index in [1.807, 2.05) is 34.9 Å². The number of hydrogen-bond donors (Lipinski definition) is 2. The number of benzene rings is 1. The van der Waals surface area contributed by atoms with Gasteiger partial charge in [-0.15, -0.1) is 10.2 Å². The molecular formula is C18H22N6. The van der Waals surface area contributed by atoms with Crippen molar-refractivity contribution in [2.75, 3.05) is 13.6 Å². The minimum Gasteiger partial charge on any atom is -0.356 e. The maximum atomic E-state index is 4.27. The molecule has 0 spiro atoms. The molecule has 1 aromatic carbocycles. The van der Waals surface area contributed by atoms with Crippen LogP contribution in [0.3, 0.4) is 0 Å². The Bertz CT molecular complexity index is 809. The van der Waals surface area contributed by atoms with E-state index < -0.39 is 0 Å². The van der Waals surface area contributed by atoms with Crippen LogP contribution in [0, 0.1) is 0 Å². The van der Waals surface area contributed by atoms with Gasteiger partial charge in [0.05, 0.1) is 6.54 Å². The van der Waals surface area contributed by atoms with Gasteiger partial charge in [0.1, 0.15) is 0 Å². The fourth-order valence-corrected chi connectivity index (χ4v) is 2.54. The van der Waals surface area contributed by atoms with Gasteiger partial charge in [0.15, 0.2) is 17.4 Å². The van der Waals surface area contributed by atoms with Crippen LogP contribution in [0.25, 0.3) is 5.65 Å². The number of aliphatic imine (C=N–C) groups is 1. The Morgan fingerprint density at radius 1 is 1.08 bits per heavy atom. The Morgan fingerprint density at radius 3 is 2.67 bits per heavy atom. The lowest BCUT2D eigenvalue weighted by molar-refractivity contribution is 0.692. The highest BCUT2D eigenvalue weighted by atomic mass is 15.3. The fourth-order valence-electron chi connectivity index (χ4n) is 2.54. The molecule has 0 bridgehead atoms. The Hall–Kier alpha value is -2.89. The topological polar surface area (TPSA) is 66.6 Å². The molecule has 2 N–H and O–H groups in total. The highest BCUT2D eigenvalue weighted by Crippen LogP contribution is 2.12. The van der Waals surface area contributed by atoms with Crippen molar-refractivity contribution in [3.05, 3.63) is 66.1 Å². The summed E-state index contributed by atoms with van der Waals surface area (Å²) in [6.07, 6.45) is 1.96. The molecule has 0 radical (unpaired) electrons. The molecule has 0 aliphatic rings. The molecule has 2 aromatic heterocycles. The van der Waals surface area contributed by atoms with E-state index in [0.29, 0.717) is 12.5 Å². The molecule has 1 atom stereocenters. The number of fused-ring (bicyclic) bond motifs is 1. The smallest absolute Gasteiger partial charge is 0.191 e. The highest BCUT2D eigenvalue weighted by Gasteiger charge is 2.08. The maximum Gasteiger partial charge on any atom is 0.191 e. The van der Waals surface area contributed by atoms with Gasteiger partial charge in [0.2, 0.25) is 0 Å². The van der Waals surface area contributed by atoms with Crippen LogP contribution >= 0.6 is 0 Å². The molecule has 0 amide bonds. The van der Waals surface area contributed by atoms with Gasteiger partial charge < -0.3 is 10.6 Å². The maximum absolute atomic E-state index is 4.27. The molecule has 0 saturated carbocycles. The van der Waals surface area contributed by atoms with Gasteiger partial charge in [0.25, 0.3) is 0 Å². The Morgan fingerprint density at radius 2 is 1.88 bits per heavy atom. The van der Waals surface area contributed by atoms with Gasteiger partial charge in [-0.2, -0.15) is 0 Å². The second kappa shape index (κ2) is 7.59. The number of nitrogens with zero attached hydrogens (tertiary/aromatic N) is 4. The molecule has 0 fully saturated rings. The second-order valence-corrected chi connectivity index (χ2v) is 5.66. The molecule has 3 rings (SSSR count). The predicted molar refractivity (Wildman–Crippen MR) is 96.0 cm³/mol. The lowest BCUT2D eigenvalue weighted by Gasteiger charge is -2.16. The third-order valence-electron chi connectivity index (χ3n) is 3.97. The molecule has 1 unspecified atom stereocenters. The van der Waals surface area contributed by atoms with Crippen molar-refractivity contribution in [1.82, 2.24) is 25.2 Å². The van der Waals surface area contributed by atoms with Gasteiger partial charge in [-0.1, -0.05) is 43.3 Å². The van der Waals surface area contributed by atoms with Gasteiger partial charge >= 0.3 is 0 Å². The van der Waals surface area contributed by atoms with Crippen LogP contribution in [-0.2, 0) is 6.54 Å². The van der Waals surface area contributed by atoms with E-state index in [-0.39, 0.29) is 0 Å².